The Labute approximate surface area is 190 Å². The summed E-state index contributed by atoms with van der Waals surface area (Å²) < 4.78 is 5.45. The SMILES string of the molecule is CCOc1ccc(CCNC(=O)c2ccc3nc(-c4c(Cl)cccc4Cl)[nH]c3c2)cc1. The molecule has 0 spiro atoms. The number of imidazole rings is 1. The van der Waals surface area contributed by atoms with Crippen molar-refractivity contribution in [2.45, 2.75) is 13.3 Å². The van der Waals surface area contributed by atoms with Crippen molar-refractivity contribution in [1.82, 2.24) is 15.3 Å². The monoisotopic (exact) mass is 453 g/mol. The number of ether oxygens (including phenoxy) is 1. The zero-order chi connectivity index (χ0) is 21.8. The van der Waals surface area contributed by atoms with Gasteiger partial charge in [-0.2, -0.15) is 0 Å². The van der Waals surface area contributed by atoms with E-state index in [-0.39, 0.29) is 5.91 Å². The predicted octanol–water partition coefficient (Wildman–Crippen LogP) is 5.91. The summed E-state index contributed by atoms with van der Waals surface area (Å²) >= 11 is 12.6. The van der Waals surface area contributed by atoms with Gasteiger partial charge in [0.1, 0.15) is 11.6 Å². The Hall–Kier alpha value is -3.02. The fraction of sp³-hybridized carbons (Fsp3) is 0.167. The number of aromatic nitrogens is 2. The topological polar surface area (TPSA) is 67.0 Å². The maximum absolute atomic E-state index is 12.6. The number of nitrogens with one attached hydrogen (secondary N) is 2. The number of carbonyl (C=O) groups is 1. The highest BCUT2D eigenvalue weighted by atomic mass is 35.5. The summed E-state index contributed by atoms with van der Waals surface area (Å²) in [5, 5.41) is 3.99. The molecule has 7 heteroatoms. The molecule has 0 aliphatic heterocycles. The highest BCUT2D eigenvalue weighted by Gasteiger charge is 2.14. The lowest BCUT2D eigenvalue weighted by atomic mass is 10.1. The molecule has 1 amide bonds. The summed E-state index contributed by atoms with van der Waals surface area (Å²) in [5.41, 5.74) is 3.80. The molecule has 4 rings (SSSR count). The molecule has 158 valence electrons. The standard InChI is InChI=1S/C24H21Cl2N3O2/c1-2-31-17-9-6-15(7-10-17)12-13-27-24(30)16-8-11-20-21(14-16)29-23(28-20)22-18(25)4-3-5-19(22)26/h3-11,14H,2,12-13H2,1H3,(H,27,30)(H,28,29). The summed E-state index contributed by atoms with van der Waals surface area (Å²) in [6.45, 7) is 3.13. The van der Waals surface area contributed by atoms with Crippen LogP contribution in [0.2, 0.25) is 10.0 Å². The molecule has 0 aliphatic rings. The van der Waals surface area contributed by atoms with Gasteiger partial charge in [-0.15, -0.1) is 0 Å². The Morgan fingerprint density at radius 3 is 2.52 bits per heavy atom. The first-order valence-corrected chi connectivity index (χ1v) is 10.7. The van der Waals surface area contributed by atoms with Crippen molar-refractivity contribution in [1.29, 1.82) is 0 Å². The third-order valence-electron chi connectivity index (χ3n) is 4.88. The van der Waals surface area contributed by atoms with E-state index < -0.39 is 0 Å². The lowest BCUT2D eigenvalue weighted by molar-refractivity contribution is 0.0954. The molecule has 0 unspecified atom stereocenters. The first-order valence-electron chi connectivity index (χ1n) is 9.99. The second-order valence-electron chi connectivity index (χ2n) is 7.00. The molecule has 0 saturated heterocycles. The lowest BCUT2D eigenvalue weighted by Gasteiger charge is -2.07. The zero-order valence-electron chi connectivity index (χ0n) is 16.9. The number of H-pyrrole nitrogens is 1. The van der Waals surface area contributed by atoms with Gasteiger partial charge in [0.2, 0.25) is 0 Å². The molecule has 0 atom stereocenters. The van der Waals surface area contributed by atoms with E-state index in [0.717, 1.165) is 28.8 Å². The molecule has 4 aromatic rings. The van der Waals surface area contributed by atoms with E-state index in [2.05, 4.69) is 15.3 Å². The minimum Gasteiger partial charge on any atom is -0.494 e. The molecule has 0 aliphatic carbocycles. The van der Waals surface area contributed by atoms with Gasteiger partial charge in [0.15, 0.2) is 0 Å². The molecular formula is C24H21Cl2N3O2. The number of rotatable bonds is 7. The summed E-state index contributed by atoms with van der Waals surface area (Å²) in [7, 11) is 0. The molecule has 0 radical (unpaired) electrons. The molecular weight excluding hydrogens is 433 g/mol. The number of carbonyl (C=O) groups excluding carboxylic acids is 1. The van der Waals surface area contributed by atoms with Crippen molar-refractivity contribution >= 4 is 40.1 Å². The van der Waals surface area contributed by atoms with Crippen molar-refractivity contribution in [2.24, 2.45) is 0 Å². The molecule has 0 saturated carbocycles. The van der Waals surface area contributed by atoms with Crippen LogP contribution >= 0.6 is 23.2 Å². The summed E-state index contributed by atoms with van der Waals surface area (Å²) in [5.74, 6) is 1.28. The summed E-state index contributed by atoms with van der Waals surface area (Å²) in [6.07, 6.45) is 0.736. The number of nitrogens with zero attached hydrogens (tertiary/aromatic N) is 1. The molecule has 0 bridgehead atoms. The van der Waals surface area contributed by atoms with Gasteiger partial charge in [-0.3, -0.25) is 4.79 Å². The van der Waals surface area contributed by atoms with Crippen LogP contribution in [0.4, 0.5) is 0 Å². The van der Waals surface area contributed by atoms with E-state index in [1.54, 1.807) is 36.4 Å². The third-order valence-corrected chi connectivity index (χ3v) is 5.51. The van der Waals surface area contributed by atoms with Gasteiger partial charge in [-0.1, -0.05) is 41.4 Å². The van der Waals surface area contributed by atoms with Gasteiger partial charge in [-0.25, -0.2) is 4.98 Å². The highest BCUT2D eigenvalue weighted by molar-refractivity contribution is 6.39. The number of hydrogen-bond acceptors (Lipinski definition) is 3. The van der Waals surface area contributed by atoms with Crippen LogP contribution in [-0.2, 0) is 6.42 Å². The molecule has 2 N–H and O–H groups in total. The number of benzene rings is 3. The van der Waals surface area contributed by atoms with Crippen molar-refractivity contribution in [3.05, 3.63) is 81.8 Å². The molecule has 0 fully saturated rings. The maximum atomic E-state index is 12.6. The molecule has 5 nitrogen and oxygen atoms in total. The molecule has 1 heterocycles. The van der Waals surface area contributed by atoms with Gasteiger partial charge in [0.25, 0.3) is 5.91 Å². The van der Waals surface area contributed by atoms with Crippen molar-refractivity contribution in [3.63, 3.8) is 0 Å². The Bertz CT molecular complexity index is 1200. The van der Waals surface area contributed by atoms with Crippen LogP contribution in [0, 0.1) is 0 Å². The van der Waals surface area contributed by atoms with Crippen molar-refractivity contribution in [3.8, 4) is 17.1 Å². The fourth-order valence-electron chi connectivity index (χ4n) is 3.33. The quantitative estimate of drug-likeness (QED) is 0.365. The van der Waals surface area contributed by atoms with Crippen LogP contribution in [0.3, 0.4) is 0 Å². The molecule has 31 heavy (non-hydrogen) atoms. The van der Waals surface area contributed by atoms with Crippen molar-refractivity contribution < 1.29 is 9.53 Å². The Morgan fingerprint density at radius 2 is 1.81 bits per heavy atom. The van der Waals surface area contributed by atoms with E-state index in [0.29, 0.717) is 40.1 Å². The molecule has 3 aromatic carbocycles. The predicted molar refractivity (Wildman–Crippen MR) is 125 cm³/mol. The van der Waals surface area contributed by atoms with Crippen LogP contribution in [0.5, 0.6) is 5.75 Å². The van der Waals surface area contributed by atoms with Gasteiger partial charge in [0, 0.05) is 12.1 Å². The summed E-state index contributed by atoms with van der Waals surface area (Å²) in [4.78, 5) is 20.4. The molecule has 1 aromatic heterocycles. The van der Waals surface area contributed by atoms with Crippen LogP contribution in [0.1, 0.15) is 22.8 Å². The zero-order valence-corrected chi connectivity index (χ0v) is 18.4. The third kappa shape index (κ3) is 4.84. The van der Waals surface area contributed by atoms with Gasteiger partial charge >= 0.3 is 0 Å². The first-order chi connectivity index (χ1) is 15.0. The smallest absolute Gasteiger partial charge is 0.251 e. The van der Waals surface area contributed by atoms with Gasteiger partial charge in [-0.05, 0) is 61.4 Å². The van der Waals surface area contributed by atoms with Gasteiger partial charge < -0.3 is 15.0 Å². The second-order valence-corrected chi connectivity index (χ2v) is 7.81. The average molecular weight is 454 g/mol. The number of fused-ring (bicyclic) bond motifs is 1. The Morgan fingerprint density at radius 1 is 1.06 bits per heavy atom. The first kappa shape index (κ1) is 21.2. The number of amides is 1. The minimum atomic E-state index is -0.139. The summed E-state index contributed by atoms with van der Waals surface area (Å²) in [6, 6.07) is 18.6. The van der Waals surface area contributed by atoms with Gasteiger partial charge in [0.05, 0.1) is 33.2 Å². The van der Waals surface area contributed by atoms with Crippen LogP contribution < -0.4 is 10.1 Å². The van der Waals surface area contributed by atoms with Crippen molar-refractivity contribution in [2.75, 3.05) is 13.2 Å². The van der Waals surface area contributed by atoms with E-state index in [9.17, 15) is 4.79 Å². The maximum Gasteiger partial charge on any atom is 0.251 e. The van der Waals surface area contributed by atoms with E-state index >= 15 is 0 Å². The average Bonchev–Trinajstić information content (AvgIpc) is 3.17. The number of hydrogen-bond donors (Lipinski definition) is 2. The lowest BCUT2D eigenvalue weighted by Crippen LogP contribution is -2.25. The second kappa shape index (κ2) is 9.41. The minimum absolute atomic E-state index is 0.139. The Kier molecular flexibility index (Phi) is 6.44. The van der Waals surface area contributed by atoms with E-state index in [4.69, 9.17) is 27.9 Å². The normalized spacial score (nSPS) is 10.9. The highest BCUT2D eigenvalue weighted by Crippen LogP contribution is 2.33. The Balaban J connectivity index is 1.44. The number of aromatic amines is 1. The fourth-order valence-corrected chi connectivity index (χ4v) is 3.91. The van der Waals surface area contributed by atoms with Crippen LogP contribution in [0.25, 0.3) is 22.4 Å². The van der Waals surface area contributed by atoms with Crippen LogP contribution in [-0.4, -0.2) is 29.0 Å². The largest absolute Gasteiger partial charge is 0.494 e. The van der Waals surface area contributed by atoms with E-state index in [1.165, 1.54) is 0 Å². The van der Waals surface area contributed by atoms with Crippen LogP contribution in [0.15, 0.2) is 60.7 Å². The number of halogens is 2. The van der Waals surface area contributed by atoms with E-state index in [1.807, 2.05) is 31.2 Å².